The Morgan fingerprint density at radius 2 is 1.66 bits per heavy atom. The highest BCUT2D eigenvalue weighted by Crippen LogP contribution is 2.68. The molecule has 2 aromatic carbocycles. The highest BCUT2D eigenvalue weighted by molar-refractivity contribution is 5.89. The third-order valence-corrected chi connectivity index (χ3v) is 6.78. The first-order valence-corrected chi connectivity index (χ1v) is 11.2. The van der Waals surface area contributed by atoms with Crippen LogP contribution in [0.25, 0.3) is 0 Å². The van der Waals surface area contributed by atoms with Gasteiger partial charge in [-0.25, -0.2) is 4.79 Å². The van der Waals surface area contributed by atoms with Gasteiger partial charge in [-0.05, 0) is 38.5 Å². The predicted molar refractivity (Wildman–Crippen MR) is 117 cm³/mol. The molecule has 0 aromatic heterocycles. The van der Waals surface area contributed by atoms with Crippen LogP contribution in [-0.4, -0.2) is 42.0 Å². The van der Waals surface area contributed by atoms with Crippen LogP contribution in [-0.2, 0) is 30.3 Å². The SMILES string of the molecule is C[C@@H](COC(=O)c1ccccc1)C12OC3(C)OC(C)(C)OC3C1C2OCc1ccccc1. The van der Waals surface area contributed by atoms with E-state index in [0.29, 0.717) is 12.2 Å². The van der Waals surface area contributed by atoms with Crippen molar-refractivity contribution >= 4 is 5.97 Å². The van der Waals surface area contributed by atoms with Crippen molar-refractivity contribution in [2.75, 3.05) is 6.61 Å². The largest absolute Gasteiger partial charge is 0.462 e. The number of hydrogen-bond donors (Lipinski definition) is 0. The Morgan fingerprint density at radius 1 is 1.00 bits per heavy atom. The van der Waals surface area contributed by atoms with Gasteiger partial charge in [0.25, 0.3) is 0 Å². The quantitative estimate of drug-likeness (QED) is 0.600. The van der Waals surface area contributed by atoms with Gasteiger partial charge >= 0.3 is 5.97 Å². The molecule has 0 spiro atoms. The molecule has 3 aliphatic rings. The summed E-state index contributed by atoms with van der Waals surface area (Å²) in [6, 6.07) is 19.1. The molecule has 0 N–H and O–H groups in total. The molecule has 2 heterocycles. The molecule has 0 amide bonds. The minimum absolute atomic E-state index is 0.00316. The topological polar surface area (TPSA) is 63.2 Å². The fourth-order valence-corrected chi connectivity index (χ4v) is 5.40. The molecule has 0 radical (unpaired) electrons. The van der Waals surface area contributed by atoms with Crippen LogP contribution in [0.2, 0.25) is 0 Å². The van der Waals surface area contributed by atoms with Gasteiger partial charge in [-0.2, -0.15) is 0 Å². The number of carbonyl (C=O) groups is 1. The first-order valence-electron chi connectivity index (χ1n) is 11.2. The number of rotatable bonds is 7. The van der Waals surface area contributed by atoms with E-state index in [9.17, 15) is 4.79 Å². The van der Waals surface area contributed by atoms with Crippen molar-refractivity contribution in [2.45, 2.75) is 63.7 Å². The molecule has 5 rings (SSSR count). The number of ether oxygens (including phenoxy) is 5. The van der Waals surface area contributed by atoms with E-state index in [1.807, 2.05) is 76.2 Å². The fraction of sp³-hybridized carbons (Fsp3) is 0.500. The zero-order valence-corrected chi connectivity index (χ0v) is 18.9. The second kappa shape index (κ2) is 7.66. The Bertz CT molecular complexity index is 976. The molecule has 2 aromatic rings. The molecule has 6 atom stereocenters. The van der Waals surface area contributed by atoms with Crippen LogP contribution in [0.5, 0.6) is 0 Å². The number of benzene rings is 2. The van der Waals surface area contributed by atoms with Crippen molar-refractivity contribution in [1.29, 1.82) is 0 Å². The zero-order valence-electron chi connectivity index (χ0n) is 18.9. The average Bonchev–Trinajstić information content (AvgIpc) is 3.22. The van der Waals surface area contributed by atoms with Crippen LogP contribution in [0.15, 0.2) is 60.7 Å². The normalized spacial score (nSPS) is 35.1. The Labute approximate surface area is 188 Å². The molecule has 0 bridgehead atoms. The summed E-state index contributed by atoms with van der Waals surface area (Å²) in [7, 11) is 0. The molecule has 32 heavy (non-hydrogen) atoms. The van der Waals surface area contributed by atoms with Gasteiger partial charge in [0.2, 0.25) is 0 Å². The molecule has 1 aliphatic carbocycles. The minimum Gasteiger partial charge on any atom is -0.462 e. The zero-order chi connectivity index (χ0) is 22.6. The molecular weight excluding hydrogens is 408 g/mol. The predicted octanol–water partition coefficient (Wildman–Crippen LogP) is 4.33. The lowest BCUT2D eigenvalue weighted by Gasteiger charge is -2.32. The summed E-state index contributed by atoms with van der Waals surface area (Å²) >= 11 is 0. The number of fused-ring (bicyclic) bond motifs is 3. The third-order valence-electron chi connectivity index (χ3n) is 6.78. The molecule has 6 heteroatoms. The first kappa shape index (κ1) is 21.6. The van der Waals surface area contributed by atoms with Gasteiger partial charge in [0, 0.05) is 5.92 Å². The van der Waals surface area contributed by atoms with E-state index >= 15 is 0 Å². The van der Waals surface area contributed by atoms with Gasteiger partial charge in [0.05, 0.1) is 30.8 Å². The highest BCUT2D eigenvalue weighted by Gasteiger charge is 2.84. The number of esters is 1. The van der Waals surface area contributed by atoms with Crippen molar-refractivity contribution in [3.63, 3.8) is 0 Å². The minimum atomic E-state index is -0.849. The van der Waals surface area contributed by atoms with E-state index < -0.39 is 17.2 Å². The Hall–Kier alpha value is -2.25. The molecule has 6 nitrogen and oxygen atoms in total. The summed E-state index contributed by atoms with van der Waals surface area (Å²) in [5, 5.41) is 0. The maximum Gasteiger partial charge on any atom is 0.338 e. The maximum atomic E-state index is 12.5. The van der Waals surface area contributed by atoms with Crippen LogP contribution in [0.3, 0.4) is 0 Å². The smallest absolute Gasteiger partial charge is 0.338 e. The summed E-state index contributed by atoms with van der Waals surface area (Å²) in [6.07, 6.45) is -0.408. The van der Waals surface area contributed by atoms with Crippen LogP contribution in [0, 0.1) is 11.8 Å². The van der Waals surface area contributed by atoms with Crippen LogP contribution >= 0.6 is 0 Å². The Kier molecular flexibility index (Phi) is 5.17. The number of carbonyl (C=O) groups excluding carboxylic acids is 1. The molecule has 1 saturated carbocycles. The number of hydrogen-bond acceptors (Lipinski definition) is 6. The fourth-order valence-electron chi connectivity index (χ4n) is 5.40. The van der Waals surface area contributed by atoms with Crippen LogP contribution < -0.4 is 0 Å². The Balaban J connectivity index is 1.32. The van der Waals surface area contributed by atoms with Gasteiger partial charge in [-0.15, -0.1) is 0 Å². The van der Waals surface area contributed by atoms with Gasteiger partial charge in [0.15, 0.2) is 11.6 Å². The third kappa shape index (κ3) is 3.55. The van der Waals surface area contributed by atoms with E-state index in [1.165, 1.54) is 0 Å². The second-order valence-electron chi connectivity index (χ2n) is 9.62. The molecule has 2 saturated heterocycles. The maximum absolute atomic E-state index is 12.5. The van der Waals surface area contributed by atoms with Gasteiger partial charge in [-0.3, -0.25) is 0 Å². The van der Waals surface area contributed by atoms with Crippen molar-refractivity contribution in [3.8, 4) is 0 Å². The lowest BCUT2D eigenvalue weighted by Crippen LogP contribution is -2.43. The summed E-state index contributed by atoms with van der Waals surface area (Å²) in [5.74, 6) is -2.01. The molecule has 5 unspecified atom stereocenters. The molecule has 170 valence electrons. The summed E-state index contributed by atoms with van der Waals surface area (Å²) in [5.41, 5.74) is 1.01. The first-order chi connectivity index (χ1) is 15.3. The summed E-state index contributed by atoms with van der Waals surface area (Å²) < 4.78 is 31.0. The van der Waals surface area contributed by atoms with Crippen molar-refractivity contribution in [1.82, 2.24) is 0 Å². The van der Waals surface area contributed by atoms with Crippen LogP contribution in [0.1, 0.15) is 43.6 Å². The lowest BCUT2D eigenvalue weighted by molar-refractivity contribution is -0.274. The van der Waals surface area contributed by atoms with Gasteiger partial charge < -0.3 is 23.7 Å². The van der Waals surface area contributed by atoms with Gasteiger partial charge in [0.1, 0.15) is 11.7 Å². The molecular formula is C26H30O6. The van der Waals surface area contributed by atoms with Crippen molar-refractivity contribution in [3.05, 3.63) is 71.8 Å². The highest BCUT2D eigenvalue weighted by atomic mass is 16.9. The van der Waals surface area contributed by atoms with E-state index in [1.54, 1.807) is 12.1 Å². The van der Waals surface area contributed by atoms with Crippen LogP contribution in [0.4, 0.5) is 0 Å². The van der Waals surface area contributed by atoms with Crippen molar-refractivity contribution < 1.29 is 28.5 Å². The summed E-state index contributed by atoms with van der Waals surface area (Å²) in [4.78, 5) is 12.5. The summed E-state index contributed by atoms with van der Waals surface area (Å²) in [6.45, 7) is 8.46. The van der Waals surface area contributed by atoms with Crippen molar-refractivity contribution in [2.24, 2.45) is 11.8 Å². The molecule has 3 fully saturated rings. The van der Waals surface area contributed by atoms with Gasteiger partial charge in [-0.1, -0.05) is 55.5 Å². The second-order valence-corrected chi connectivity index (χ2v) is 9.62. The molecule has 2 aliphatic heterocycles. The monoisotopic (exact) mass is 438 g/mol. The van der Waals surface area contributed by atoms with E-state index in [-0.39, 0.29) is 36.6 Å². The standard InChI is InChI=1S/C26H30O6/c1-17(15-29-23(27)19-13-9-6-10-14-19)26-20(21-25(4,32-26)31-24(2,3)30-21)22(26)28-16-18-11-7-5-8-12-18/h5-14,17,20-22H,15-16H2,1-4H3/t17-,20?,21?,22?,25?,26?/m0/s1. The van der Waals surface area contributed by atoms with E-state index in [0.717, 1.165) is 5.56 Å². The van der Waals surface area contributed by atoms with E-state index in [4.69, 9.17) is 23.7 Å². The lowest BCUT2D eigenvalue weighted by atomic mass is 10.0. The van der Waals surface area contributed by atoms with E-state index in [2.05, 4.69) is 0 Å². The average molecular weight is 439 g/mol. The Morgan fingerprint density at radius 3 is 2.34 bits per heavy atom.